The minimum Gasteiger partial charge on any atom is -0.398 e. The summed E-state index contributed by atoms with van der Waals surface area (Å²) in [7, 11) is 0. The van der Waals surface area contributed by atoms with Crippen LogP contribution in [0.5, 0.6) is 0 Å². The van der Waals surface area contributed by atoms with E-state index in [1.54, 1.807) is 6.20 Å². The van der Waals surface area contributed by atoms with Crippen molar-refractivity contribution in [1.29, 1.82) is 0 Å². The molecule has 0 aromatic carbocycles. The van der Waals surface area contributed by atoms with Crippen LogP contribution in [0.2, 0.25) is 0 Å². The molecule has 0 aliphatic heterocycles. The summed E-state index contributed by atoms with van der Waals surface area (Å²) in [5, 5.41) is 4.47. The maximum atomic E-state index is 6.03. The van der Waals surface area contributed by atoms with Gasteiger partial charge >= 0.3 is 0 Å². The third-order valence-electron chi connectivity index (χ3n) is 3.99. The molecule has 0 radical (unpaired) electrons. The summed E-state index contributed by atoms with van der Waals surface area (Å²) in [4.78, 5) is 4.19. The fraction of sp³-hybridized carbons (Fsp3) is 0.688. The number of rotatable bonds is 7. The quantitative estimate of drug-likeness (QED) is 0.810. The highest BCUT2D eigenvalue weighted by Crippen LogP contribution is 2.29. The van der Waals surface area contributed by atoms with Crippen molar-refractivity contribution in [2.24, 2.45) is 0 Å². The van der Waals surface area contributed by atoms with E-state index in [4.69, 9.17) is 5.73 Å². The summed E-state index contributed by atoms with van der Waals surface area (Å²) < 4.78 is 0. The number of nitrogen functional groups attached to an aromatic ring is 1. The molecule has 1 atom stereocenters. The van der Waals surface area contributed by atoms with Crippen molar-refractivity contribution in [1.82, 2.24) is 10.3 Å². The molecule has 1 aliphatic carbocycles. The molecule has 20 heavy (non-hydrogen) atoms. The molecule has 1 saturated carbocycles. The van der Waals surface area contributed by atoms with Crippen molar-refractivity contribution in [2.45, 2.75) is 56.7 Å². The van der Waals surface area contributed by atoms with E-state index in [0.29, 0.717) is 6.04 Å². The van der Waals surface area contributed by atoms with Gasteiger partial charge in [0.1, 0.15) is 0 Å². The van der Waals surface area contributed by atoms with Gasteiger partial charge in [0.25, 0.3) is 0 Å². The third kappa shape index (κ3) is 4.98. The highest BCUT2D eigenvalue weighted by molar-refractivity contribution is 7.99. The zero-order chi connectivity index (χ0) is 14.2. The lowest BCUT2D eigenvalue weighted by Gasteiger charge is -2.24. The van der Waals surface area contributed by atoms with E-state index in [0.717, 1.165) is 23.9 Å². The van der Waals surface area contributed by atoms with Crippen molar-refractivity contribution in [3.8, 4) is 0 Å². The number of pyridine rings is 1. The predicted molar refractivity (Wildman–Crippen MR) is 89.1 cm³/mol. The average Bonchev–Trinajstić information content (AvgIpc) is 2.48. The summed E-state index contributed by atoms with van der Waals surface area (Å²) in [6, 6.07) is 2.39. The predicted octanol–water partition coefficient (Wildman–Crippen LogP) is 3.25. The summed E-state index contributed by atoms with van der Waals surface area (Å²) in [6.45, 7) is 3.18. The Morgan fingerprint density at radius 1 is 1.40 bits per heavy atom. The number of thioether (sulfide) groups is 1. The molecule has 1 aromatic rings. The number of nitrogens with zero attached hydrogens (tertiary/aromatic N) is 1. The maximum absolute atomic E-state index is 6.03. The summed E-state index contributed by atoms with van der Waals surface area (Å²) in [6.07, 6.45) is 11.7. The zero-order valence-electron chi connectivity index (χ0n) is 12.5. The van der Waals surface area contributed by atoms with E-state index in [-0.39, 0.29) is 0 Å². The van der Waals surface area contributed by atoms with E-state index < -0.39 is 0 Å². The Hall–Kier alpha value is -0.740. The lowest BCUT2D eigenvalue weighted by molar-refractivity contribution is 0.513. The van der Waals surface area contributed by atoms with E-state index in [2.05, 4.69) is 29.0 Å². The summed E-state index contributed by atoms with van der Waals surface area (Å²) in [5.41, 5.74) is 8.06. The van der Waals surface area contributed by atoms with Crippen molar-refractivity contribution < 1.29 is 0 Å². The Morgan fingerprint density at radius 2 is 2.20 bits per heavy atom. The highest BCUT2D eigenvalue weighted by atomic mass is 32.2. The van der Waals surface area contributed by atoms with Crippen LogP contribution in [0.15, 0.2) is 18.5 Å². The van der Waals surface area contributed by atoms with Crippen LogP contribution in [0, 0.1) is 0 Å². The molecule has 1 heterocycles. The van der Waals surface area contributed by atoms with E-state index in [1.807, 2.05) is 12.3 Å². The average molecular weight is 293 g/mol. The Labute approximate surface area is 127 Å². The van der Waals surface area contributed by atoms with Crippen molar-refractivity contribution in [3.05, 3.63) is 24.0 Å². The van der Waals surface area contributed by atoms with Crippen LogP contribution in [0.3, 0.4) is 0 Å². The monoisotopic (exact) mass is 293 g/mol. The van der Waals surface area contributed by atoms with Crippen LogP contribution in [0.4, 0.5) is 5.69 Å². The fourth-order valence-electron chi connectivity index (χ4n) is 2.84. The topological polar surface area (TPSA) is 50.9 Å². The Bertz CT molecular complexity index is 391. The van der Waals surface area contributed by atoms with Gasteiger partial charge in [0.05, 0.1) is 0 Å². The van der Waals surface area contributed by atoms with E-state index >= 15 is 0 Å². The smallest absolute Gasteiger partial charge is 0.0378 e. The van der Waals surface area contributed by atoms with Crippen LogP contribution >= 0.6 is 11.8 Å². The van der Waals surface area contributed by atoms with Gasteiger partial charge in [0, 0.05) is 35.1 Å². The first-order valence-corrected chi connectivity index (χ1v) is 8.87. The largest absolute Gasteiger partial charge is 0.398 e. The number of likely N-dealkylation sites (N-methyl/N-ethyl adjacent to an activating group) is 1. The van der Waals surface area contributed by atoms with Gasteiger partial charge < -0.3 is 11.1 Å². The Kier molecular flexibility index (Phi) is 6.67. The third-order valence-corrected chi connectivity index (χ3v) is 5.52. The molecule has 0 spiro atoms. The molecule has 1 fully saturated rings. The molecule has 0 bridgehead atoms. The van der Waals surface area contributed by atoms with Crippen LogP contribution in [0.1, 0.15) is 44.6 Å². The van der Waals surface area contributed by atoms with Crippen molar-refractivity contribution in [3.63, 3.8) is 0 Å². The number of anilines is 1. The Morgan fingerprint density at radius 3 is 2.90 bits per heavy atom. The van der Waals surface area contributed by atoms with Crippen LogP contribution in [-0.2, 0) is 6.42 Å². The van der Waals surface area contributed by atoms with Gasteiger partial charge in [0.2, 0.25) is 0 Å². The van der Waals surface area contributed by atoms with E-state index in [9.17, 15) is 0 Å². The molecule has 112 valence electrons. The second-order valence-corrected chi connectivity index (χ2v) is 6.96. The number of hydrogen-bond donors (Lipinski definition) is 2. The van der Waals surface area contributed by atoms with Gasteiger partial charge in [-0.15, -0.1) is 0 Å². The second kappa shape index (κ2) is 8.53. The standard InChI is InChI=1S/C16H27N3S/c1-2-19-14(10-13-11-18-9-8-16(13)17)12-20-15-6-4-3-5-7-15/h8-9,11,14-15,19H,2-7,10,12H2,1H3,(H2,17,18). The molecule has 4 heteroatoms. The van der Waals surface area contributed by atoms with E-state index in [1.165, 1.54) is 43.4 Å². The van der Waals surface area contributed by atoms with Gasteiger partial charge in [-0.25, -0.2) is 0 Å². The lowest BCUT2D eigenvalue weighted by atomic mass is 10.0. The molecule has 1 unspecified atom stereocenters. The molecule has 1 aliphatic rings. The molecule has 1 aromatic heterocycles. The second-order valence-electron chi connectivity index (χ2n) is 5.63. The minimum atomic E-state index is 0.499. The summed E-state index contributed by atoms with van der Waals surface area (Å²) >= 11 is 2.15. The number of aromatic nitrogens is 1. The lowest BCUT2D eigenvalue weighted by Crippen LogP contribution is -2.34. The van der Waals surface area contributed by atoms with Gasteiger partial charge in [-0.3, -0.25) is 4.98 Å². The van der Waals surface area contributed by atoms with Crippen LogP contribution < -0.4 is 11.1 Å². The molecule has 3 nitrogen and oxygen atoms in total. The Balaban J connectivity index is 1.84. The van der Waals surface area contributed by atoms with Crippen LogP contribution in [0.25, 0.3) is 0 Å². The van der Waals surface area contributed by atoms with Gasteiger partial charge in [0.15, 0.2) is 0 Å². The number of hydrogen-bond acceptors (Lipinski definition) is 4. The molecule has 3 N–H and O–H groups in total. The SMILES string of the molecule is CCNC(CSC1CCCCC1)Cc1cnccc1N. The normalized spacial score (nSPS) is 18.1. The first-order chi connectivity index (χ1) is 9.79. The first kappa shape index (κ1) is 15.6. The molecule has 0 saturated heterocycles. The number of nitrogens with one attached hydrogen (secondary N) is 1. The van der Waals surface area contributed by atoms with Gasteiger partial charge in [-0.05, 0) is 37.4 Å². The number of nitrogens with two attached hydrogens (primary N) is 1. The van der Waals surface area contributed by atoms with Crippen molar-refractivity contribution in [2.75, 3.05) is 18.0 Å². The van der Waals surface area contributed by atoms with Gasteiger partial charge in [-0.2, -0.15) is 11.8 Å². The zero-order valence-corrected chi connectivity index (χ0v) is 13.3. The molecule has 2 rings (SSSR count). The minimum absolute atomic E-state index is 0.499. The molecule has 0 amide bonds. The maximum Gasteiger partial charge on any atom is 0.0378 e. The van der Waals surface area contributed by atoms with Crippen LogP contribution in [-0.4, -0.2) is 28.6 Å². The summed E-state index contributed by atoms with van der Waals surface area (Å²) in [5.74, 6) is 1.17. The molecular weight excluding hydrogens is 266 g/mol. The highest BCUT2D eigenvalue weighted by Gasteiger charge is 2.17. The van der Waals surface area contributed by atoms with Gasteiger partial charge in [-0.1, -0.05) is 26.2 Å². The fourth-order valence-corrected chi connectivity index (χ4v) is 4.24. The first-order valence-electron chi connectivity index (χ1n) is 7.83. The van der Waals surface area contributed by atoms with Crippen molar-refractivity contribution >= 4 is 17.4 Å². The molecular formula is C16H27N3S.